The average molecular weight is 589 g/mol. The number of nitrogens with zero attached hydrogens (tertiary/aromatic N) is 1. The summed E-state index contributed by atoms with van der Waals surface area (Å²) in [6, 6.07) is 25.2. The fraction of sp³-hybridized carbons (Fsp3) is 0.100. The highest BCUT2D eigenvalue weighted by Crippen LogP contribution is 2.33. The van der Waals surface area contributed by atoms with Crippen LogP contribution in [0.1, 0.15) is 12.5 Å². The molecule has 0 saturated carbocycles. The molecule has 41 heavy (non-hydrogen) atoms. The van der Waals surface area contributed by atoms with Crippen molar-refractivity contribution in [1.29, 1.82) is 0 Å². The maximum atomic E-state index is 13.0. The van der Waals surface area contributed by atoms with Crippen LogP contribution in [0.3, 0.4) is 0 Å². The molecule has 1 aliphatic heterocycles. The van der Waals surface area contributed by atoms with Crippen LogP contribution in [0.5, 0.6) is 11.5 Å². The van der Waals surface area contributed by atoms with Gasteiger partial charge in [-0.3, -0.25) is 19.3 Å². The highest BCUT2D eigenvalue weighted by Gasteiger charge is 2.34. The van der Waals surface area contributed by atoms with Gasteiger partial charge in [-0.05, 0) is 71.3 Å². The predicted octanol–water partition coefficient (Wildman–Crippen LogP) is 5.68. The SMILES string of the molecule is CC(=O)Nc1ccc(S(=O)(=O)Oc2cccc(/C=C3\SC(=O)N(CCOc4cccc5ccccc45)C3=O)c2)cc1. The summed E-state index contributed by atoms with van der Waals surface area (Å²) in [7, 11) is -4.16. The van der Waals surface area contributed by atoms with E-state index in [4.69, 9.17) is 8.92 Å². The number of amides is 3. The Balaban J connectivity index is 1.24. The lowest BCUT2D eigenvalue weighted by Crippen LogP contribution is -2.32. The first kappa shape index (κ1) is 27.9. The molecular weight excluding hydrogens is 564 g/mol. The number of fused-ring (bicyclic) bond motifs is 1. The number of imide groups is 1. The molecule has 208 valence electrons. The molecule has 5 rings (SSSR count). The second kappa shape index (κ2) is 11.9. The fourth-order valence-electron chi connectivity index (χ4n) is 4.15. The van der Waals surface area contributed by atoms with Crippen molar-refractivity contribution in [3.8, 4) is 11.5 Å². The number of hydrogen-bond donors (Lipinski definition) is 1. The number of benzene rings is 4. The van der Waals surface area contributed by atoms with Crippen LogP contribution in [-0.4, -0.2) is 43.5 Å². The molecule has 0 aromatic heterocycles. The lowest BCUT2D eigenvalue weighted by atomic mass is 10.1. The molecule has 1 heterocycles. The summed E-state index contributed by atoms with van der Waals surface area (Å²) in [5.74, 6) is -0.0334. The van der Waals surface area contributed by atoms with Gasteiger partial charge in [-0.1, -0.05) is 48.5 Å². The van der Waals surface area contributed by atoms with Gasteiger partial charge in [0.15, 0.2) is 0 Å². The number of nitrogens with one attached hydrogen (secondary N) is 1. The molecule has 1 fully saturated rings. The van der Waals surface area contributed by atoms with Crippen LogP contribution in [0.25, 0.3) is 16.8 Å². The number of carbonyl (C=O) groups excluding carboxylic acids is 3. The second-order valence-corrected chi connectivity index (χ2v) is 11.5. The van der Waals surface area contributed by atoms with Crippen molar-refractivity contribution in [3.05, 3.63) is 101 Å². The van der Waals surface area contributed by atoms with Crippen molar-refractivity contribution in [2.24, 2.45) is 0 Å². The molecule has 4 aromatic carbocycles. The van der Waals surface area contributed by atoms with Gasteiger partial charge in [-0.2, -0.15) is 8.42 Å². The Morgan fingerprint density at radius 3 is 2.46 bits per heavy atom. The number of carbonyl (C=O) groups is 3. The molecule has 1 aliphatic rings. The maximum absolute atomic E-state index is 13.0. The Bertz CT molecular complexity index is 1780. The molecular formula is C30H24N2O7S2. The van der Waals surface area contributed by atoms with E-state index in [0.717, 1.165) is 27.4 Å². The zero-order chi connectivity index (χ0) is 29.0. The Hall–Kier alpha value is -4.61. The third-order valence-corrected chi connectivity index (χ3v) is 8.19. The first-order valence-corrected chi connectivity index (χ1v) is 14.7. The lowest BCUT2D eigenvalue weighted by molar-refractivity contribution is -0.123. The molecule has 0 spiro atoms. The number of anilines is 1. The summed E-state index contributed by atoms with van der Waals surface area (Å²) in [4.78, 5) is 38.0. The number of hydrogen-bond acceptors (Lipinski definition) is 8. The molecule has 0 bridgehead atoms. The van der Waals surface area contributed by atoms with Crippen molar-refractivity contribution in [1.82, 2.24) is 4.90 Å². The first-order valence-electron chi connectivity index (χ1n) is 12.5. The monoisotopic (exact) mass is 588 g/mol. The van der Waals surface area contributed by atoms with Gasteiger partial charge in [0, 0.05) is 18.0 Å². The van der Waals surface area contributed by atoms with Gasteiger partial charge in [-0.25, -0.2) is 0 Å². The molecule has 0 unspecified atom stereocenters. The largest absolute Gasteiger partial charge is 0.491 e. The van der Waals surface area contributed by atoms with Crippen LogP contribution in [-0.2, 0) is 19.7 Å². The minimum absolute atomic E-state index is 0.0346. The van der Waals surface area contributed by atoms with Crippen molar-refractivity contribution in [3.63, 3.8) is 0 Å². The van der Waals surface area contributed by atoms with Crippen LogP contribution in [0.15, 0.2) is 101 Å². The quantitative estimate of drug-likeness (QED) is 0.196. The number of rotatable bonds is 9. The smallest absolute Gasteiger partial charge is 0.339 e. The molecule has 1 saturated heterocycles. The number of ether oxygens (including phenoxy) is 1. The van der Waals surface area contributed by atoms with Gasteiger partial charge in [0.2, 0.25) is 5.91 Å². The fourth-order valence-corrected chi connectivity index (χ4v) is 5.94. The summed E-state index contributed by atoms with van der Waals surface area (Å²) in [6.07, 6.45) is 1.51. The normalized spacial score (nSPS) is 14.5. The summed E-state index contributed by atoms with van der Waals surface area (Å²) in [5.41, 5.74) is 0.934. The highest BCUT2D eigenvalue weighted by atomic mass is 32.2. The second-order valence-electron chi connectivity index (χ2n) is 8.97. The van der Waals surface area contributed by atoms with Crippen molar-refractivity contribution in [2.45, 2.75) is 11.8 Å². The maximum Gasteiger partial charge on any atom is 0.339 e. The van der Waals surface area contributed by atoms with E-state index in [1.165, 1.54) is 49.4 Å². The van der Waals surface area contributed by atoms with Crippen LogP contribution >= 0.6 is 11.8 Å². The first-order chi connectivity index (χ1) is 19.7. The highest BCUT2D eigenvalue weighted by molar-refractivity contribution is 8.18. The molecule has 3 amide bonds. The predicted molar refractivity (Wildman–Crippen MR) is 157 cm³/mol. The van der Waals surface area contributed by atoms with Crippen LogP contribution in [0, 0.1) is 0 Å². The lowest BCUT2D eigenvalue weighted by Gasteiger charge is -2.14. The average Bonchev–Trinajstić information content (AvgIpc) is 3.20. The molecule has 11 heteroatoms. The molecule has 1 N–H and O–H groups in total. The van der Waals surface area contributed by atoms with E-state index < -0.39 is 21.3 Å². The van der Waals surface area contributed by atoms with Crippen LogP contribution in [0.2, 0.25) is 0 Å². The standard InChI is InChI=1S/C30H24N2O7S2/c1-20(33)31-23-12-14-25(15-13-23)41(36,37)39-24-9-4-6-21(18-24)19-28-29(34)32(30(35)40-28)16-17-38-27-11-5-8-22-7-2-3-10-26(22)27/h2-15,18-19H,16-17H2,1H3,(H,31,33)/b28-19-. The van der Waals surface area contributed by atoms with Gasteiger partial charge in [0.25, 0.3) is 11.1 Å². The molecule has 0 radical (unpaired) electrons. The van der Waals surface area contributed by atoms with E-state index in [1.54, 1.807) is 12.1 Å². The van der Waals surface area contributed by atoms with Crippen molar-refractivity contribution in [2.75, 3.05) is 18.5 Å². The zero-order valence-corrected chi connectivity index (χ0v) is 23.4. The minimum atomic E-state index is -4.16. The molecule has 9 nitrogen and oxygen atoms in total. The summed E-state index contributed by atoms with van der Waals surface area (Å²) in [6.45, 7) is 1.56. The third kappa shape index (κ3) is 6.59. The van der Waals surface area contributed by atoms with Crippen molar-refractivity contribution < 1.29 is 31.7 Å². The summed E-state index contributed by atoms with van der Waals surface area (Å²) in [5, 5.41) is 4.11. The van der Waals surface area contributed by atoms with Crippen LogP contribution < -0.4 is 14.2 Å². The topological polar surface area (TPSA) is 119 Å². The van der Waals surface area contributed by atoms with Gasteiger partial charge in [-0.15, -0.1) is 0 Å². The van der Waals surface area contributed by atoms with E-state index in [2.05, 4.69) is 5.32 Å². The van der Waals surface area contributed by atoms with E-state index in [0.29, 0.717) is 17.0 Å². The summed E-state index contributed by atoms with van der Waals surface area (Å²) < 4.78 is 36.7. The summed E-state index contributed by atoms with van der Waals surface area (Å²) >= 11 is 0.801. The Kier molecular flexibility index (Phi) is 8.09. The zero-order valence-electron chi connectivity index (χ0n) is 21.8. The van der Waals surface area contributed by atoms with Gasteiger partial charge < -0.3 is 14.2 Å². The third-order valence-electron chi connectivity index (χ3n) is 6.02. The van der Waals surface area contributed by atoms with E-state index in [1.807, 2.05) is 42.5 Å². The Labute approximate surface area is 240 Å². The van der Waals surface area contributed by atoms with Crippen molar-refractivity contribution >= 4 is 61.5 Å². The van der Waals surface area contributed by atoms with E-state index in [-0.39, 0.29) is 34.6 Å². The van der Waals surface area contributed by atoms with E-state index in [9.17, 15) is 22.8 Å². The van der Waals surface area contributed by atoms with Gasteiger partial charge in [0.1, 0.15) is 23.0 Å². The van der Waals surface area contributed by atoms with E-state index >= 15 is 0 Å². The number of thioether (sulfide) groups is 1. The van der Waals surface area contributed by atoms with Gasteiger partial charge >= 0.3 is 10.1 Å². The minimum Gasteiger partial charge on any atom is -0.491 e. The Morgan fingerprint density at radius 1 is 0.951 bits per heavy atom. The molecule has 4 aromatic rings. The molecule has 0 aliphatic carbocycles. The van der Waals surface area contributed by atoms with Gasteiger partial charge in [0.05, 0.1) is 11.4 Å². The Morgan fingerprint density at radius 2 is 1.68 bits per heavy atom. The molecule has 0 atom stereocenters. The van der Waals surface area contributed by atoms with Crippen LogP contribution in [0.4, 0.5) is 10.5 Å².